The molecule has 0 radical (unpaired) electrons. The van der Waals surface area contributed by atoms with E-state index in [0.717, 1.165) is 5.69 Å². The summed E-state index contributed by atoms with van der Waals surface area (Å²) in [6.07, 6.45) is 0. The third kappa shape index (κ3) is 4.09. The summed E-state index contributed by atoms with van der Waals surface area (Å²) in [7, 11) is 0. The van der Waals surface area contributed by atoms with Crippen LogP contribution in [0, 0.1) is 6.92 Å². The second kappa shape index (κ2) is 8.02. The summed E-state index contributed by atoms with van der Waals surface area (Å²) in [5, 5.41) is 6.54. The Balaban J connectivity index is 1.96. The van der Waals surface area contributed by atoms with E-state index < -0.39 is 12.0 Å². The quantitative estimate of drug-likeness (QED) is 0.738. The number of aryl methyl sites for hydroxylation is 1. The number of carbonyl (C=O) groups excluding carboxylic acids is 2. The van der Waals surface area contributed by atoms with Gasteiger partial charge in [0.15, 0.2) is 5.75 Å². The normalized spacial score (nSPS) is 14.0. The van der Waals surface area contributed by atoms with Gasteiger partial charge in [-0.25, -0.2) is 14.6 Å². The van der Waals surface area contributed by atoms with E-state index in [2.05, 4.69) is 15.6 Å². The first-order chi connectivity index (χ1) is 12.9. The number of benzene rings is 1. The number of carbonyl (C=O) groups is 2. The number of ether oxygens (including phenoxy) is 2. The topological polar surface area (TPSA) is 89.6 Å². The summed E-state index contributed by atoms with van der Waals surface area (Å²) in [6.45, 7) is 3.73. The summed E-state index contributed by atoms with van der Waals surface area (Å²) in [5.74, 6) is -0.201. The molecule has 0 bridgehead atoms. The lowest BCUT2D eigenvalue weighted by atomic mass is 10.1. The number of amides is 2. The standard InChI is InChI=1S/C18H17Cl2N3O4/c1-3-26-17(24)11-7-21-18(25)23-14(11)8-27-16-13(20)6-12(19)10-5-4-9(2)22-15(10)16/h4-6H,3,7-8H2,1-2H3,(H2,21,23,25). The number of fused-ring (bicyclic) bond motifs is 1. The Morgan fingerprint density at radius 3 is 2.81 bits per heavy atom. The number of halogens is 2. The zero-order chi connectivity index (χ0) is 19.6. The zero-order valence-electron chi connectivity index (χ0n) is 14.7. The summed E-state index contributed by atoms with van der Waals surface area (Å²) in [4.78, 5) is 28.2. The van der Waals surface area contributed by atoms with Crippen LogP contribution in [0.1, 0.15) is 12.6 Å². The Kier molecular flexibility index (Phi) is 5.72. The lowest BCUT2D eigenvalue weighted by Crippen LogP contribution is -2.45. The van der Waals surface area contributed by atoms with Gasteiger partial charge in [0.2, 0.25) is 0 Å². The maximum Gasteiger partial charge on any atom is 0.337 e. The van der Waals surface area contributed by atoms with E-state index in [1.165, 1.54) is 0 Å². The average Bonchev–Trinajstić information content (AvgIpc) is 2.61. The highest BCUT2D eigenvalue weighted by molar-refractivity contribution is 6.39. The molecule has 142 valence electrons. The Morgan fingerprint density at radius 2 is 2.07 bits per heavy atom. The fourth-order valence-electron chi connectivity index (χ4n) is 2.64. The van der Waals surface area contributed by atoms with Crippen molar-refractivity contribution >= 4 is 46.1 Å². The van der Waals surface area contributed by atoms with Crippen LogP contribution in [0.4, 0.5) is 4.79 Å². The van der Waals surface area contributed by atoms with Crippen LogP contribution in [0.2, 0.25) is 10.0 Å². The summed E-state index contributed by atoms with van der Waals surface area (Å²) >= 11 is 12.5. The van der Waals surface area contributed by atoms with Crippen molar-refractivity contribution in [1.82, 2.24) is 15.6 Å². The van der Waals surface area contributed by atoms with Crippen LogP contribution in [0.15, 0.2) is 29.5 Å². The van der Waals surface area contributed by atoms with Gasteiger partial charge >= 0.3 is 12.0 Å². The number of hydrogen-bond donors (Lipinski definition) is 2. The number of esters is 1. The fraction of sp³-hybridized carbons (Fsp3) is 0.278. The van der Waals surface area contributed by atoms with E-state index in [-0.39, 0.29) is 30.4 Å². The number of aromatic nitrogens is 1. The minimum Gasteiger partial charge on any atom is -0.484 e. The first kappa shape index (κ1) is 19.3. The molecule has 0 fully saturated rings. The van der Waals surface area contributed by atoms with Crippen LogP contribution >= 0.6 is 23.2 Å². The van der Waals surface area contributed by atoms with E-state index >= 15 is 0 Å². The van der Waals surface area contributed by atoms with E-state index in [4.69, 9.17) is 32.7 Å². The molecule has 1 aromatic heterocycles. The maximum atomic E-state index is 12.1. The molecule has 0 saturated heterocycles. The van der Waals surface area contributed by atoms with Crippen molar-refractivity contribution < 1.29 is 19.1 Å². The smallest absolute Gasteiger partial charge is 0.337 e. The molecule has 27 heavy (non-hydrogen) atoms. The Morgan fingerprint density at radius 1 is 1.30 bits per heavy atom. The zero-order valence-corrected chi connectivity index (χ0v) is 16.2. The minimum absolute atomic E-state index is 0.0514. The predicted molar refractivity (Wildman–Crippen MR) is 102 cm³/mol. The minimum atomic E-state index is -0.523. The molecule has 3 rings (SSSR count). The van der Waals surface area contributed by atoms with Crippen molar-refractivity contribution in [3.05, 3.63) is 45.2 Å². The van der Waals surface area contributed by atoms with Crippen molar-refractivity contribution in [1.29, 1.82) is 0 Å². The van der Waals surface area contributed by atoms with Crippen LogP contribution in [0.3, 0.4) is 0 Å². The lowest BCUT2D eigenvalue weighted by molar-refractivity contribution is -0.138. The molecular weight excluding hydrogens is 393 g/mol. The molecule has 7 nitrogen and oxygen atoms in total. The van der Waals surface area contributed by atoms with Crippen molar-refractivity contribution in [3.8, 4) is 5.75 Å². The van der Waals surface area contributed by atoms with Gasteiger partial charge in [0.25, 0.3) is 0 Å². The molecule has 2 heterocycles. The molecule has 0 aliphatic carbocycles. The van der Waals surface area contributed by atoms with E-state index in [0.29, 0.717) is 27.4 Å². The number of pyridine rings is 1. The number of urea groups is 1. The Hall–Kier alpha value is -2.51. The molecule has 1 aromatic carbocycles. The van der Waals surface area contributed by atoms with Gasteiger partial charge in [-0.3, -0.25) is 0 Å². The maximum absolute atomic E-state index is 12.1. The Bertz CT molecular complexity index is 959. The highest BCUT2D eigenvalue weighted by Gasteiger charge is 2.24. The molecule has 2 amide bonds. The van der Waals surface area contributed by atoms with Crippen molar-refractivity contribution in [3.63, 3.8) is 0 Å². The van der Waals surface area contributed by atoms with Crippen LogP contribution in [-0.2, 0) is 9.53 Å². The van der Waals surface area contributed by atoms with Crippen LogP contribution in [-0.4, -0.2) is 36.7 Å². The molecule has 1 aliphatic heterocycles. The van der Waals surface area contributed by atoms with E-state index in [9.17, 15) is 9.59 Å². The van der Waals surface area contributed by atoms with E-state index in [1.807, 2.05) is 19.1 Å². The first-order valence-electron chi connectivity index (χ1n) is 8.22. The lowest BCUT2D eigenvalue weighted by Gasteiger charge is -2.22. The predicted octanol–water partition coefficient (Wildman–Crippen LogP) is 3.36. The highest BCUT2D eigenvalue weighted by atomic mass is 35.5. The molecule has 1 aliphatic rings. The third-order valence-electron chi connectivity index (χ3n) is 3.91. The van der Waals surface area contributed by atoms with Gasteiger partial charge < -0.3 is 20.1 Å². The molecule has 0 saturated carbocycles. The molecular formula is C18H17Cl2N3O4. The van der Waals surface area contributed by atoms with Crippen molar-refractivity contribution in [2.24, 2.45) is 0 Å². The van der Waals surface area contributed by atoms with Gasteiger partial charge in [-0.05, 0) is 32.0 Å². The van der Waals surface area contributed by atoms with Crippen LogP contribution in [0.5, 0.6) is 5.75 Å². The van der Waals surface area contributed by atoms with Crippen molar-refractivity contribution in [2.45, 2.75) is 13.8 Å². The second-order valence-corrected chi connectivity index (χ2v) is 6.61. The largest absolute Gasteiger partial charge is 0.484 e. The van der Waals surface area contributed by atoms with Crippen molar-refractivity contribution in [2.75, 3.05) is 19.8 Å². The number of nitrogens with zero attached hydrogens (tertiary/aromatic N) is 1. The average molecular weight is 410 g/mol. The first-order valence-corrected chi connectivity index (χ1v) is 8.98. The van der Waals surface area contributed by atoms with Gasteiger partial charge in [-0.2, -0.15) is 0 Å². The van der Waals surface area contributed by atoms with Crippen LogP contribution < -0.4 is 15.4 Å². The molecule has 0 atom stereocenters. The molecule has 2 aromatic rings. The third-order valence-corrected chi connectivity index (χ3v) is 4.51. The number of hydrogen-bond acceptors (Lipinski definition) is 5. The van der Waals surface area contributed by atoms with E-state index in [1.54, 1.807) is 13.0 Å². The number of nitrogens with one attached hydrogen (secondary N) is 2. The van der Waals surface area contributed by atoms with Gasteiger partial charge in [0.05, 0.1) is 34.5 Å². The number of rotatable bonds is 5. The van der Waals surface area contributed by atoms with Gasteiger partial charge in [0, 0.05) is 11.1 Å². The highest BCUT2D eigenvalue weighted by Crippen LogP contribution is 2.37. The molecule has 2 N–H and O–H groups in total. The molecule has 9 heteroatoms. The molecule has 0 unspecified atom stereocenters. The second-order valence-electron chi connectivity index (χ2n) is 5.79. The Labute approximate surface area is 165 Å². The monoisotopic (exact) mass is 409 g/mol. The van der Waals surface area contributed by atoms with Gasteiger partial charge in [-0.1, -0.05) is 23.2 Å². The summed E-state index contributed by atoms with van der Waals surface area (Å²) in [6, 6.07) is 4.81. The summed E-state index contributed by atoms with van der Waals surface area (Å²) in [5.41, 5.74) is 1.87. The fourth-order valence-corrected chi connectivity index (χ4v) is 3.21. The molecule has 0 spiro atoms. The van der Waals surface area contributed by atoms with Crippen LogP contribution in [0.25, 0.3) is 10.9 Å². The summed E-state index contributed by atoms with van der Waals surface area (Å²) < 4.78 is 10.9. The van der Waals surface area contributed by atoms with Gasteiger partial charge in [0.1, 0.15) is 12.1 Å². The van der Waals surface area contributed by atoms with Gasteiger partial charge in [-0.15, -0.1) is 0 Å². The SMILES string of the molecule is CCOC(=O)C1=C(COc2c(Cl)cc(Cl)c3ccc(C)nc23)NC(=O)NC1.